The van der Waals surface area contributed by atoms with E-state index in [2.05, 4.69) is 15.9 Å². The molecule has 12 nitrogen and oxygen atoms in total. The number of hydrogen-bond donors (Lipinski definition) is 4. The summed E-state index contributed by atoms with van der Waals surface area (Å²) >= 11 is 14.9. The molecule has 6 rings (SSSR count). The number of aldehydes is 2. The summed E-state index contributed by atoms with van der Waals surface area (Å²) in [6.45, 7) is 0. The number of halogens is 3. The van der Waals surface area contributed by atoms with Crippen molar-refractivity contribution in [1.29, 1.82) is 0 Å². The summed E-state index contributed by atoms with van der Waals surface area (Å²) in [4.78, 5) is 45.2. The Morgan fingerprint density at radius 3 is 1.21 bits per heavy atom. The van der Waals surface area contributed by atoms with Crippen LogP contribution in [-0.4, -0.2) is 58.1 Å². The Kier molecular flexibility index (Phi) is 15.7. The highest BCUT2D eigenvalue weighted by Gasteiger charge is 2.19. The number of nitrogens with two attached hydrogens (primary N) is 2. The molecule has 0 unspecified atom stereocenters. The van der Waals surface area contributed by atoms with Crippen molar-refractivity contribution in [2.24, 2.45) is 10.3 Å². The average Bonchev–Trinajstić information content (AvgIpc) is 3.20. The van der Waals surface area contributed by atoms with Crippen molar-refractivity contribution >= 4 is 95.9 Å². The van der Waals surface area contributed by atoms with E-state index in [9.17, 15) is 36.0 Å². The van der Waals surface area contributed by atoms with E-state index in [0.29, 0.717) is 34.0 Å². The van der Waals surface area contributed by atoms with Crippen LogP contribution in [0.1, 0.15) is 52.6 Å². The molecule has 0 saturated carbocycles. The molecule has 0 heterocycles. The van der Waals surface area contributed by atoms with E-state index in [1.807, 2.05) is 12.1 Å². The molecule has 0 amide bonds. The zero-order chi connectivity index (χ0) is 42.8. The molecule has 296 valence electrons. The fraction of sp³-hybridized carbons (Fsp3) is 0. The van der Waals surface area contributed by atoms with E-state index in [-0.39, 0.29) is 42.5 Å². The number of carbonyl (C=O) groups excluding carboxylic acids is 4. The number of benzene rings is 6. The molecule has 0 bridgehead atoms. The SMILES string of the molecule is NS(=O)(=O)c1cc(C(=O)c2ccc(-c3ccc(C=O)cc3)cc2)ccc1Cl.NS(=O)(=O)c1cc(C(=O)c2ccc(Br)cc2)ccc1Cl.O=Cc1ccc(B(O)O)cc1. The summed E-state index contributed by atoms with van der Waals surface area (Å²) in [5.41, 5.74) is 4.49. The lowest BCUT2D eigenvalue weighted by molar-refractivity contribution is 0.103. The van der Waals surface area contributed by atoms with Gasteiger partial charge in [-0.1, -0.05) is 112 Å². The molecule has 0 aromatic heterocycles. The molecule has 0 atom stereocenters. The molecule has 18 heteroatoms. The molecule has 6 N–H and O–H groups in total. The topological polar surface area (TPSA) is 229 Å². The van der Waals surface area contributed by atoms with Crippen LogP contribution in [0.2, 0.25) is 10.0 Å². The van der Waals surface area contributed by atoms with Gasteiger partial charge in [0.1, 0.15) is 22.4 Å². The van der Waals surface area contributed by atoms with Gasteiger partial charge in [0, 0.05) is 37.9 Å². The van der Waals surface area contributed by atoms with E-state index in [1.54, 1.807) is 60.7 Å². The van der Waals surface area contributed by atoms with Crippen LogP contribution in [0.15, 0.2) is 148 Å². The van der Waals surface area contributed by atoms with Crippen LogP contribution in [0.4, 0.5) is 0 Å². The predicted molar refractivity (Wildman–Crippen MR) is 226 cm³/mol. The van der Waals surface area contributed by atoms with Gasteiger partial charge in [0.05, 0.1) is 10.0 Å². The van der Waals surface area contributed by atoms with Gasteiger partial charge in [0.25, 0.3) is 0 Å². The fourth-order valence-corrected chi connectivity index (χ4v) is 7.38. The number of ketones is 2. The maximum atomic E-state index is 12.7. The van der Waals surface area contributed by atoms with E-state index < -0.39 is 27.2 Å². The lowest BCUT2D eigenvalue weighted by Crippen LogP contribution is -2.29. The highest BCUT2D eigenvalue weighted by atomic mass is 79.9. The maximum Gasteiger partial charge on any atom is 0.488 e. The Labute approximate surface area is 352 Å². The Bertz CT molecular complexity index is 2680. The highest BCUT2D eigenvalue weighted by molar-refractivity contribution is 9.10. The smallest absolute Gasteiger partial charge is 0.423 e. The second-order valence-corrected chi connectivity index (χ2v) is 16.8. The number of rotatable bonds is 10. The molecule has 0 fully saturated rings. The van der Waals surface area contributed by atoms with E-state index >= 15 is 0 Å². The van der Waals surface area contributed by atoms with E-state index in [0.717, 1.165) is 21.9 Å². The van der Waals surface area contributed by atoms with Crippen molar-refractivity contribution < 1.29 is 46.1 Å². The van der Waals surface area contributed by atoms with Crippen LogP contribution in [0.5, 0.6) is 0 Å². The minimum atomic E-state index is -4.03. The Balaban J connectivity index is 0.000000210. The van der Waals surface area contributed by atoms with Crippen molar-refractivity contribution in [2.75, 3.05) is 0 Å². The van der Waals surface area contributed by atoms with Gasteiger partial charge in [-0.2, -0.15) is 0 Å². The third kappa shape index (κ3) is 12.4. The molecule has 0 aliphatic rings. The first kappa shape index (κ1) is 45.6. The summed E-state index contributed by atoms with van der Waals surface area (Å²) in [6, 6.07) is 34.6. The molecule has 0 saturated heterocycles. The van der Waals surface area contributed by atoms with E-state index in [1.165, 1.54) is 60.7 Å². The van der Waals surface area contributed by atoms with Gasteiger partial charge < -0.3 is 10.0 Å². The van der Waals surface area contributed by atoms with Crippen LogP contribution in [-0.2, 0) is 20.0 Å². The summed E-state index contributed by atoms with van der Waals surface area (Å²) in [5, 5.41) is 27.4. The number of sulfonamides is 2. The van der Waals surface area contributed by atoms with E-state index in [4.69, 9.17) is 43.5 Å². The first-order valence-electron chi connectivity index (χ1n) is 16.4. The van der Waals surface area contributed by atoms with Crippen molar-refractivity contribution in [3.05, 3.63) is 181 Å². The van der Waals surface area contributed by atoms with Crippen LogP contribution in [0, 0.1) is 0 Å². The molecule has 6 aromatic rings. The van der Waals surface area contributed by atoms with Gasteiger partial charge in [-0.15, -0.1) is 0 Å². The van der Waals surface area contributed by atoms with Crippen LogP contribution < -0.4 is 15.7 Å². The van der Waals surface area contributed by atoms with Crippen molar-refractivity contribution in [3.8, 4) is 11.1 Å². The first-order chi connectivity index (χ1) is 27.3. The van der Waals surface area contributed by atoms with Crippen molar-refractivity contribution in [1.82, 2.24) is 0 Å². The first-order valence-corrected chi connectivity index (χ1v) is 21.0. The monoisotopic (exact) mass is 922 g/mol. The predicted octanol–water partition coefficient (Wildman–Crippen LogP) is 5.86. The lowest BCUT2D eigenvalue weighted by atomic mass is 9.80. The molecular weight excluding hydrogens is 894 g/mol. The Morgan fingerprint density at radius 2 is 0.862 bits per heavy atom. The Morgan fingerprint density at radius 1 is 0.534 bits per heavy atom. The lowest BCUT2D eigenvalue weighted by Gasteiger charge is -2.07. The molecule has 0 aliphatic heterocycles. The summed E-state index contributed by atoms with van der Waals surface area (Å²) in [6.07, 6.45) is 1.47. The minimum absolute atomic E-state index is 0.0140. The molecule has 0 radical (unpaired) electrons. The fourth-order valence-electron chi connectivity index (χ4n) is 4.97. The van der Waals surface area contributed by atoms with Crippen LogP contribution in [0.3, 0.4) is 0 Å². The average molecular weight is 924 g/mol. The summed E-state index contributed by atoms with van der Waals surface area (Å²) in [7, 11) is -9.46. The third-order valence-corrected chi connectivity index (χ3v) is 11.3. The zero-order valence-electron chi connectivity index (χ0n) is 29.7. The molecule has 0 spiro atoms. The summed E-state index contributed by atoms with van der Waals surface area (Å²) < 4.78 is 46.8. The molecule has 0 aliphatic carbocycles. The highest BCUT2D eigenvalue weighted by Crippen LogP contribution is 2.26. The molecular formula is C40H30BBrCl2N2O10S2. The molecule has 58 heavy (non-hydrogen) atoms. The third-order valence-electron chi connectivity index (χ3n) is 8.00. The standard InChI is InChI=1S/C20H14ClNO4S.C13H9BrClNO3S.C7H7BO3/c21-18-10-9-17(11-19(18)27(22,25)26)20(24)16-7-5-15(6-8-16)14-3-1-13(12-23)2-4-14;14-10-4-1-8(2-5-10)13(17)9-3-6-11(15)12(7-9)20(16,18)19;9-5-6-1-3-7(4-2-6)8(10)11/h1-12H,(H2,22,25,26);1-7H,(H2,16,18,19);1-5,10-11H. The van der Waals surface area contributed by atoms with Crippen LogP contribution >= 0.6 is 39.1 Å². The summed E-state index contributed by atoms with van der Waals surface area (Å²) in [5.74, 6) is -0.654. The zero-order valence-corrected chi connectivity index (χ0v) is 34.4. The number of hydrogen-bond acceptors (Lipinski definition) is 10. The quantitative estimate of drug-likeness (QED) is 0.0727. The van der Waals surface area contributed by atoms with Crippen LogP contribution in [0.25, 0.3) is 11.1 Å². The van der Waals surface area contributed by atoms with Gasteiger partial charge in [-0.25, -0.2) is 27.1 Å². The van der Waals surface area contributed by atoms with Crippen molar-refractivity contribution in [3.63, 3.8) is 0 Å². The van der Waals surface area contributed by atoms with Crippen molar-refractivity contribution in [2.45, 2.75) is 9.79 Å². The maximum absolute atomic E-state index is 12.7. The largest absolute Gasteiger partial charge is 0.488 e. The van der Waals surface area contributed by atoms with Gasteiger partial charge in [-0.05, 0) is 77.3 Å². The minimum Gasteiger partial charge on any atom is -0.423 e. The van der Waals surface area contributed by atoms with Gasteiger partial charge in [0.15, 0.2) is 11.6 Å². The number of primary sulfonamides is 2. The van der Waals surface area contributed by atoms with Gasteiger partial charge in [-0.3, -0.25) is 19.2 Å². The normalized spacial score (nSPS) is 10.9. The van der Waals surface area contributed by atoms with Gasteiger partial charge in [0.2, 0.25) is 20.0 Å². The molecule has 6 aromatic carbocycles. The second-order valence-electron chi connectivity index (χ2n) is 12.0. The van der Waals surface area contributed by atoms with Gasteiger partial charge >= 0.3 is 7.12 Å². The number of carbonyl (C=O) groups is 4. The second kappa shape index (κ2) is 20.0. The Hall–Kier alpha value is -5.14.